The lowest BCUT2D eigenvalue weighted by atomic mass is 10.2. The maximum atomic E-state index is 4.69. The Labute approximate surface area is 141 Å². The van der Waals surface area contributed by atoms with E-state index in [0.717, 1.165) is 15.9 Å². The molecule has 0 fully saturated rings. The van der Waals surface area contributed by atoms with Gasteiger partial charge < -0.3 is 0 Å². The quantitative estimate of drug-likeness (QED) is 0.435. The molecule has 4 heteroatoms. The van der Waals surface area contributed by atoms with Crippen molar-refractivity contribution < 1.29 is 0 Å². The Morgan fingerprint density at radius 1 is 1.00 bits per heavy atom. The average molecular weight is 369 g/mol. The van der Waals surface area contributed by atoms with Crippen molar-refractivity contribution in [2.45, 2.75) is 6.92 Å². The number of fused-ring (bicyclic) bond motifs is 1. The van der Waals surface area contributed by atoms with Gasteiger partial charge in [0, 0.05) is 14.7 Å². The van der Waals surface area contributed by atoms with Gasteiger partial charge in [0.05, 0.1) is 11.4 Å². The van der Waals surface area contributed by atoms with E-state index in [2.05, 4.69) is 70.4 Å². The summed E-state index contributed by atoms with van der Waals surface area (Å²) in [6.07, 6.45) is 0. The van der Waals surface area contributed by atoms with Crippen LogP contribution in [0, 0.1) is 6.92 Å². The van der Waals surface area contributed by atoms with Crippen molar-refractivity contribution in [3.05, 3.63) is 70.8 Å². The molecule has 0 atom stereocenters. The van der Waals surface area contributed by atoms with E-state index in [1.165, 1.54) is 20.7 Å². The fourth-order valence-corrected chi connectivity index (χ4v) is 4.00. The van der Waals surface area contributed by atoms with Crippen molar-refractivity contribution in [3.8, 4) is 16.1 Å². The van der Waals surface area contributed by atoms with Crippen LogP contribution in [0.3, 0.4) is 0 Å². The SMILES string of the molecule is Cc1nn(-c2ccccc2)c2sc(-c3ccc(Br)cc3)cc12. The van der Waals surface area contributed by atoms with E-state index in [1.54, 1.807) is 11.3 Å². The minimum Gasteiger partial charge on any atom is -0.223 e. The van der Waals surface area contributed by atoms with Gasteiger partial charge >= 0.3 is 0 Å². The summed E-state index contributed by atoms with van der Waals surface area (Å²) < 4.78 is 3.14. The molecule has 0 N–H and O–H groups in total. The normalized spacial score (nSPS) is 11.2. The number of halogens is 1. The highest BCUT2D eigenvalue weighted by molar-refractivity contribution is 9.10. The van der Waals surface area contributed by atoms with Gasteiger partial charge in [-0.1, -0.05) is 46.3 Å². The van der Waals surface area contributed by atoms with Gasteiger partial charge in [-0.15, -0.1) is 11.3 Å². The van der Waals surface area contributed by atoms with E-state index in [0.29, 0.717) is 0 Å². The van der Waals surface area contributed by atoms with Crippen molar-refractivity contribution in [1.82, 2.24) is 9.78 Å². The summed E-state index contributed by atoms with van der Waals surface area (Å²) in [5, 5.41) is 5.92. The van der Waals surface area contributed by atoms with Gasteiger partial charge in [-0.05, 0) is 42.8 Å². The first kappa shape index (κ1) is 13.7. The van der Waals surface area contributed by atoms with E-state index < -0.39 is 0 Å². The molecule has 0 radical (unpaired) electrons. The van der Waals surface area contributed by atoms with Crippen LogP contribution in [0.25, 0.3) is 26.3 Å². The van der Waals surface area contributed by atoms with Gasteiger partial charge in [-0.3, -0.25) is 0 Å². The lowest BCUT2D eigenvalue weighted by Crippen LogP contribution is -1.94. The van der Waals surface area contributed by atoms with Crippen LogP contribution in [0.15, 0.2) is 65.1 Å². The summed E-state index contributed by atoms with van der Waals surface area (Å²) in [5.74, 6) is 0. The smallest absolute Gasteiger partial charge is 0.127 e. The topological polar surface area (TPSA) is 17.8 Å². The summed E-state index contributed by atoms with van der Waals surface area (Å²) in [6, 6.07) is 21.0. The Kier molecular flexibility index (Phi) is 3.36. The first-order chi connectivity index (χ1) is 10.7. The van der Waals surface area contributed by atoms with Gasteiger partial charge in [-0.2, -0.15) is 5.10 Å². The fraction of sp³-hybridized carbons (Fsp3) is 0.0556. The highest BCUT2D eigenvalue weighted by Crippen LogP contribution is 2.36. The molecule has 4 aromatic rings. The molecular formula is C18H13BrN2S. The van der Waals surface area contributed by atoms with Gasteiger partial charge in [-0.25, -0.2) is 4.68 Å². The second-order valence-corrected chi connectivity index (χ2v) is 7.12. The van der Waals surface area contributed by atoms with Gasteiger partial charge in [0.15, 0.2) is 0 Å². The molecule has 2 aromatic heterocycles. The zero-order valence-corrected chi connectivity index (χ0v) is 14.4. The summed E-state index contributed by atoms with van der Waals surface area (Å²) in [6.45, 7) is 2.07. The molecule has 2 nitrogen and oxygen atoms in total. The molecule has 2 heterocycles. The predicted octanol–water partition coefficient (Wildman–Crippen LogP) is 5.82. The number of rotatable bonds is 2. The van der Waals surface area contributed by atoms with E-state index in [1.807, 2.05) is 22.9 Å². The summed E-state index contributed by atoms with van der Waals surface area (Å²) in [4.78, 5) is 2.47. The predicted molar refractivity (Wildman–Crippen MR) is 96.8 cm³/mol. The highest BCUT2D eigenvalue weighted by Gasteiger charge is 2.14. The van der Waals surface area contributed by atoms with Crippen molar-refractivity contribution in [3.63, 3.8) is 0 Å². The number of hydrogen-bond donors (Lipinski definition) is 0. The molecule has 0 bridgehead atoms. The molecule has 0 aliphatic heterocycles. The average Bonchev–Trinajstić information content (AvgIpc) is 3.10. The monoisotopic (exact) mass is 368 g/mol. The maximum Gasteiger partial charge on any atom is 0.127 e. The van der Waals surface area contributed by atoms with Crippen molar-refractivity contribution in [2.24, 2.45) is 0 Å². The lowest BCUT2D eigenvalue weighted by Gasteiger charge is -2.01. The van der Waals surface area contributed by atoms with Crippen molar-refractivity contribution >= 4 is 37.5 Å². The molecule has 0 saturated carbocycles. The van der Waals surface area contributed by atoms with Crippen LogP contribution in [0.4, 0.5) is 0 Å². The van der Waals surface area contributed by atoms with Gasteiger partial charge in [0.1, 0.15) is 4.83 Å². The molecule has 4 rings (SSSR count). The van der Waals surface area contributed by atoms with Crippen LogP contribution in [0.5, 0.6) is 0 Å². The van der Waals surface area contributed by atoms with E-state index in [-0.39, 0.29) is 0 Å². The molecule has 0 unspecified atom stereocenters. The van der Waals surface area contributed by atoms with Crippen molar-refractivity contribution in [1.29, 1.82) is 0 Å². The standard InChI is InChI=1S/C18H13BrN2S/c1-12-16-11-17(13-7-9-14(19)10-8-13)22-18(16)21(20-12)15-5-3-2-4-6-15/h2-11H,1H3. The first-order valence-electron chi connectivity index (χ1n) is 7.03. The molecule has 0 saturated heterocycles. The number of benzene rings is 2. The first-order valence-corrected chi connectivity index (χ1v) is 8.64. The molecule has 0 aliphatic carbocycles. The Hall–Kier alpha value is -1.91. The number of aromatic nitrogens is 2. The van der Waals surface area contributed by atoms with E-state index in [4.69, 9.17) is 0 Å². The second-order valence-electron chi connectivity index (χ2n) is 5.17. The third-order valence-corrected chi connectivity index (χ3v) is 5.36. The maximum absolute atomic E-state index is 4.69. The summed E-state index contributed by atoms with van der Waals surface area (Å²) in [7, 11) is 0. The van der Waals surface area contributed by atoms with E-state index >= 15 is 0 Å². The third-order valence-electron chi connectivity index (χ3n) is 3.67. The largest absolute Gasteiger partial charge is 0.223 e. The zero-order valence-electron chi connectivity index (χ0n) is 12.0. The van der Waals surface area contributed by atoms with Crippen LogP contribution in [-0.2, 0) is 0 Å². The molecule has 2 aromatic carbocycles. The van der Waals surface area contributed by atoms with Crippen LogP contribution >= 0.6 is 27.3 Å². The number of para-hydroxylation sites is 1. The molecular weight excluding hydrogens is 356 g/mol. The van der Waals surface area contributed by atoms with Crippen LogP contribution in [0.1, 0.15) is 5.69 Å². The molecule has 0 amide bonds. The Morgan fingerprint density at radius 3 is 2.45 bits per heavy atom. The Bertz CT molecular complexity index is 937. The third kappa shape index (κ3) is 2.28. The van der Waals surface area contributed by atoms with Crippen LogP contribution < -0.4 is 0 Å². The number of thiophene rings is 1. The minimum atomic E-state index is 1.07. The second kappa shape index (κ2) is 5.38. The Balaban J connectivity index is 1.89. The fourth-order valence-electron chi connectivity index (χ4n) is 2.55. The lowest BCUT2D eigenvalue weighted by molar-refractivity contribution is 0.894. The van der Waals surface area contributed by atoms with Crippen molar-refractivity contribution in [2.75, 3.05) is 0 Å². The zero-order chi connectivity index (χ0) is 15.1. The number of aryl methyl sites for hydroxylation is 1. The number of hydrogen-bond acceptors (Lipinski definition) is 2. The highest BCUT2D eigenvalue weighted by atomic mass is 79.9. The van der Waals surface area contributed by atoms with Gasteiger partial charge in [0.25, 0.3) is 0 Å². The minimum absolute atomic E-state index is 1.07. The van der Waals surface area contributed by atoms with E-state index in [9.17, 15) is 0 Å². The molecule has 22 heavy (non-hydrogen) atoms. The Morgan fingerprint density at radius 2 is 1.73 bits per heavy atom. The summed E-state index contributed by atoms with van der Waals surface area (Å²) >= 11 is 5.27. The van der Waals surface area contributed by atoms with Crippen LogP contribution in [-0.4, -0.2) is 9.78 Å². The summed E-state index contributed by atoms with van der Waals surface area (Å²) in [5.41, 5.74) is 3.41. The molecule has 0 aliphatic rings. The molecule has 108 valence electrons. The number of nitrogens with zero attached hydrogens (tertiary/aromatic N) is 2. The van der Waals surface area contributed by atoms with Gasteiger partial charge in [0.2, 0.25) is 0 Å². The molecule has 0 spiro atoms. The van der Waals surface area contributed by atoms with Crippen LogP contribution in [0.2, 0.25) is 0 Å².